The van der Waals surface area contributed by atoms with E-state index in [1.165, 1.54) is 0 Å². The molecule has 1 atom stereocenters. The number of nitrogens with zero attached hydrogens (tertiary/aromatic N) is 1. The summed E-state index contributed by atoms with van der Waals surface area (Å²) >= 11 is 0. The second kappa shape index (κ2) is 8.87. The molecule has 2 aromatic carbocycles. The van der Waals surface area contributed by atoms with Gasteiger partial charge in [-0.15, -0.1) is 0 Å². The number of carbonyl (C=O) groups is 1. The molecule has 24 heavy (non-hydrogen) atoms. The van der Waals surface area contributed by atoms with Gasteiger partial charge in [-0.05, 0) is 41.3 Å². The second-order valence-electron chi connectivity index (χ2n) is 5.83. The van der Waals surface area contributed by atoms with Gasteiger partial charge in [-0.2, -0.15) is 0 Å². The van der Waals surface area contributed by atoms with E-state index in [9.17, 15) is 4.79 Å². The third-order valence-electron chi connectivity index (χ3n) is 3.60. The molecule has 0 aliphatic heterocycles. The zero-order valence-corrected chi connectivity index (χ0v) is 14.3. The molecule has 0 bridgehead atoms. The predicted molar refractivity (Wildman–Crippen MR) is 95.5 cm³/mol. The monoisotopic (exact) mass is 325 g/mol. The lowest BCUT2D eigenvalue weighted by Crippen LogP contribution is -2.27. The Hall–Kier alpha value is -2.62. The number of carbonyl (C=O) groups excluding carboxylic acids is 1. The van der Waals surface area contributed by atoms with Gasteiger partial charge in [-0.1, -0.05) is 44.2 Å². The van der Waals surface area contributed by atoms with Crippen molar-refractivity contribution in [3.05, 3.63) is 65.7 Å². The average molecular weight is 325 g/mol. The van der Waals surface area contributed by atoms with Crippen molar-refractivity contribution in [1.82, 2.24) is 0 Å². The van der Waals surface area contributed by atoms with Crippen LogP contribution in [0.5, 0.6) is 5.75 Å². The highest BCUT2D eigenvalue weighted by Gasteiger charge is 2.22. The summed E-state index contributed by atoms with van der Waals surface area (Å²) in [4.78, 5) is 16.7. The number of methoxy groups -OCH3 is 1. The lowest BCUT2D eigenvalue weighted by molar-refractivity contribution is -0.147. The van der Waals surface area contributed by atoms with Crippen LogP contribution in [0.2, 0.25) is 0 Å². The lowest BCUT2D eigenvalue weighted by atomic mass is 10.1. The van der Waals surface area contributed by atoms with Crippen molar-refractivity contribution in [1.29, 1.82) is 0 Å². The standard InChI is InChI=1S/C20H23NO3/c1-15(2)19(20(22)24-14-17-7-5-4-6-8-17)21-13-16-9-11-18(23-3)12-10-16/h4-13,15,19H,14H2,1-3H3/t19-/m0/s1. The highest BCUT2D eigenvalue weighted by atomic mass is 16.5. The van der Waals surface area contributed by atoms with Gasteiger partial charge in [0.15, 0.2) is 0 Å². The Morgan fingerprint density at radius 3 is 2.33 bits per heavy atom. The van der Waals surface area contributed by atoms with E-state index < -0.39 is 6.04 Å². The maximum Gasteiger partial charge on any atom is 0.331 e. The normalized spacial score (nSPS) is 12.3. The molecule has 0 saturated heterocycles. The molecule has 4 heteroatoms. The highest BCUT2D eigenvalue weighted by Crippen LogP contribution is 2.13. The molecule has 0 aliphatic rings. The van der Waals surface area contributed by atoms with Crippen molar-refractivity contribution in [2.45, 2.75) is 26.5 Å². The van der Waals surface area contributed by atoms with Crippen LogP contribution in [-0.4, -0.2) is 25.3 Å². The molecule has 0 fully saturated rings. The predicted octanol–water partition coefficient (Wildman–Crippen LogP) is 3.88. The first kappa shape index (κ1) is 17.7. The van der Waals surface area contributed by atoms with E-state index in [2.05, 4.69) is 4.99 Å². The summed E-state index contributed by atoms with van der Waals surface area (Å²) < 4.78 is 10.5. The summed E-state index contributed by atoms with van der Waals surface area (Å²) in [5.41, 5.74) is 1.88. The van der Waals surface area contributed by atoms with E-state index in [1.807, 2.05) is 68.4 Å². The van der Waals surface area contributed by atoms with Crippen LogP contribution in [0.15, 0.2) is 59.6 Å². The number of hydrogen-bond donors (Lipinski definition) is 0. The summed E-state index contributed by atoms with van der Waals surface area (Å²) in [5.74, 6) is 0.538. The van der Waals surface area contributed by atoms with E-state index in [0.717, 1.165) is 16.9 Å². The van der Waals surface area contributed by atoms with Crippen molar-refractivity contribution in [2.75, 3.05) is 7.11 Å². The molecule has 0 aliphatic carbocycles. The van der Waals surface area contributed by atoms with Crippen LogP contribution in [0.3, 0.4) is 0 Å². The van der Waals surface area contributed by atoms with Crippen molar-refractivity contribution in [3.63, 3.8) is 0 Å². The van der Waals surface area contributed by atoms with E-state index in [-0.39, 0.29) is 18.5 Å². The number of benzene rings is 2. The second-order valence-corrected chi connectivity index (χ2v) is 5.83. The number of esters is 1. The van der Waals surface area contributed by atoms with Crippen LogP contribution < -0.4 is 4.74 Å². The van der Waals surface area contributed by atoms with Crippen LogP contribution in [0.1, 0.15) is 25.0 Å². The Morgan fingerprint density at radius 2 is 1.75 bits per heavy atom. The Morgan fingerprint density at radius 1 is 1.08 bits per heavy atom. The molecule has 2 aromatic rings. The third kappa shape index (κ3) is 5.23. The minimum Gasteiger partial charge on any atom is -0.497 e. The Labute approximate surface area is 143 Å². The molecule has 0 aromatic heterocycles. The van der Waals surface area contributed by atoms with Crippen molar-refractivity contribution >= 4 is 12.2 Å². The number of ether oxygens (including phenoxy) is 2. The lowest BCUT2D eigenvalue weighted by Gasteiger charge is -2.15. The quantitative estimate of drug-likeness (QED) is 0.573. The molecular weight excluding hydrogens is 302 g/mol. The van der Waals surface area contributed by atoms with Crippen LogP contribution in [-0.2, 0) is 16.1 Å². The fourth-order valence-electron chi connectivity index (χ4n) is 2.18. The maximum absolute atomic E-state index is 12.3. The smallest absolute Gasteiger partial charge is 0.331 e. The van der Waals surface area contributed by atoms with E-state index in [0.29, 0.717) is 0 Å². The SMILES string of the molecule is COc1ccc(C=N[C@H](C(=O)OCc2ccccc2)C(C)C)cc1. The Balaban J connectivity index is 1.99. The molecule has 126 valence electrons. The average Bonchev–Trinajstić information content (AvgIpc) is 2.61. The first-order chi connectivity index (χ1) is 11.6. The molecule has 0 spiro atoms. The fourth-order valence-corrected chi connectivity index (χ4v) is 2.18. The van der Waals surface area contributed by atoms with Gasteiger partial charge < -0.3 is 9.47 Å². The Kier molecular flexibility index (Phi) is 6.55. The highest BCUT2D eigenvalue weighted by molar-refractivity contribution is 5.84. The minimum atomic E-state index is -0.518. The van der Waals surface area contributed by atoms with Gasteiger partial charge in [-0.3, -0.25) is 4.99 Å². The van der Waals surface area contributed by atoms with Gasteiger partial charge in [0.05, 0.1) is 7.11 Å². The molecule has 0 heterocycles. The summed E-state index contributed by atoms with van der Waals surface area (Å²) in [5, 5.41) is 0. The topological polar surface area (TPSA) is 47.9 Å². The summed E-state index contributed by atoms with van der Waals surface area (Å²) in [6.45, 7) is 4.18. The summed E-state index contributed by atoms with van der Waals surface area (Å²) in [6, 6.07) is 16.6. The van der Waals surface area contributed by atoms with E-state index >= 15 is 0 Å². The van der Waals surface area contributed by atoms with Gasteiger partial charge >= 0.3 is 5.97 Å². The largest absolute Gasteiger partial charge is 0.497 e. The van der Waals surface area contributed by atoms with E-state index in [1.54, 1.807) is 13.3 Å². The van der Waals surface area contributed by atoms with Gasteiger partial charge in [0, 0.05) is 6.21 Å². The van der Waals surface area contributed by atoms with Gasteiger partial charge in [0.2, 0.25) is 0 Å². The van der Waals surface area contributed by atoms with Crippen molar-refractivity contribution < 1.29 is 14.3 Å². The first-order valence-electron chi connectivity index (χ1n) is 7.98. The van der Waals surface area contributed by atoms with Gasteiger partial charge in [0.1, 0.15) is 18.4 Å². The zero-order chi connectivity index (χ0) is 17.4. The first-order valence-corrected chi connectivity index (χ1v) is 7.98. The van der Waals surface area contributed by atoms with Crippen LogP contribution >= 0.6 is 0 Å². The minimum absolute atomic E-state index is 0.0581. The molecular formula is C20H23NO3. The van der Waals surface area contributed by atoms with Gasteiger partial charge in [-0.25, -0.2) is 4.79 Å². The number of rotatable bonds is 7. The molecule has 0 radical (unpaired) electrons. The third-order valence-corrected chi connectivity index (χ3v) is 3.60. The number of hydrogen-bond acceptors (Lipinski definition) is 4. The van der Waals surface area contributed by atoms with Crippen LogP contribution in [0, 0.1) is 5.92 Å². The van der Waals surface area contributed by atoms with Crippen LogP contribution in [0.4, 0.5) is 0 Å². The maximum atomic E-state index is 12.3. The molecule has 2 rings (SSSR count). The molecule has 0 amide bonds. The number of aliphatic imine (C=N–C) groups is 1. The Bertz CT molecular complexity index is 663. The van der Waals surface area contributed by atoms with Gasteiger partial charge in [0.25, 0.3) is 0 Å². The molecule has 0 N–H and O–H groups in total. The van der Waals surface area contributed by atoms with Crippen molar-refractivity contribution in [3.8, 4) is 5.75 Å². The van der Waals surface area contributed by atoms with E-state index in [4.69, 9.17) is 9.47 Å². The molecule has 0 saturated carbocycles. The summed E-state index contributed by atoms with van der Waals surface area (Å²) in [6.07, 6.45) is 1.70. The summed E-state index contributed by atoms with van der Waals surface area (Å²) in [7, 11) is 1.63. The molecule has 0 unspecified atom stereocenters. The fraction of sp³-hybridized carbons (Fsp3) is 0.300. The van der Waals surface area contributed by atoms with Crippen LogP contribution in [0.25, 0.3) is 0 Å². The van der Waals surface area contributed by atoms with Crippen molar-refractivity contribution in [2.24, 2.45) is 10.9 Å². The molecule has 4 nitrogen and oxygen atoms in total. The zero-order valence-electron chi connectivity index (χ0n) is 14.3.